The number of nitrogens with one attached hydrogen (secondary N) is 1. The third kappa shape index (κ3) is 3.61. The smallest absolute Gasteiger partial charge is 0.244 e. The lowest BCUT2D eigenvalue weighted by Gasteiger charge is -2.22. The van der Waals surface area contributed by atoms with Crippen LogP contribution in [0.25, 0.3) is 11.0 Å². The molecule has 0 saturated heterocycles. The van der Waals surface area contributed by atoms with E-state index in [2.05, 4.69) is 9.88 Å². The predicted octanol–water partition coefficient (Wildman–Crippen LogP) is 5.38. The maximum absolute atomic E-state index is 12.7. The molecular formula is C21H22ClN3O. The van der Waals surface area contributed by atoms with E-state index in [1.54, 1.807) is 12.1 Å². The number of imidazole rings is 1. The number of fused-ring (bicyclic) bond motifs is 1. The zero-order chi connectivity index (χ0) is 17.9. The molecule has 0 unspecified atom stereocenters. The van der Waals surface area contributed by atoms with Gasteiger partial charge in [0.2, 0.25) is 5.91 Å². The van der Waals surface area contributed by atoms with Crippen molar-refractivity contribution in [2.45, 2.75) is 44.6 Å². The lowest BCUT2D eigenvalue weighted by atomic mass is 9.88. The number of aromatic nitrogens is 2. The number of nitrogens with zero attached hydrogens (tertiary/aromatic N) is 2. The molecule has 1 heterocycles. The number of carbonyl (C=O) groups is 1. The number of halogens is 1. The molecule has 0 spiro atoms. The minimum Gasteiger partial charge on any atom is -0.324 e. The summed E-state index contributed by atoms with van der Waals surface area (Å²) in [4.78, 5) is 17.5. The van der Waals surface area contributed by atoms with E-state index in [0.29, 0.717) is 16.6 Å². The molecule has 0 atom stereocenters. The van der Waals surface area contributed by atoms with E-state index in [1.807, 2.05) is 36.4 Å². The van der Waals surface area contributed by atoms with Gasteiger partial charge in [-0.15, -0.1) is 0 Å². The normalized spacial score (nSPS) is 15.3. The lowest BCUT2D eigenvalue weighted by molar-refractivity contribution is -0.116. The van der Waals surface area contributed by atoms with Crippen LogP contribution < -0.4 is 5.32 Å². The first-order valence-electron chi connectivity index (χ1n) is 9.21. The first-order chi connectivity index (χ1) is 12.7. The molecule has 4 rings (SSSR count). The topological polar surface area (TPSA) is 46.9 Å². The Balaban J connectivity index is 1.62. The van der Waals surface area contributed by atoms with Crippen LogP contribution in [0.1, 0.15) is 43.8 Å². The largest absolute Gasteiger partial charge is 0.324 e. The number of amides is 1. The molecule has 1 aliphatic rings. The SMILES string of the molecule is O=C(Cn1c(C2CCCCC2)nc2ccccc21)Nc1cccc(Cl)c1. The Labute approximate surface area is 158 Å². The molecule has 0 aliphatic heterocycles. The molecule has 134 valence electrons. The highest BCUT2D eigenvalue weighted by atomic mass is 35.5. The Kier molecular flexibility index (Phi) is 4.93. The quantitative estimate of drug-likeness (QED) is 0.673. The Morgan fingerprint density at radius 1 is 1.12 bits per heavy atom. The Bertz CT molecular complexity index is 928. The highest BCUT2D eigenvalue weighted by molar-refractivity contribution is 6.30. The third-order valence-corrected chi connectivity index (χ3v) is 5.30. The molecule has 1 aromatic heterocycles. The van der Waals surface area contributed by atoms with Crippen molar-refractivity contribution in [2.24, 2.45) is 0 Å². The van der Waals surface area contributed by atoms with Crippen LogP contribution in [-0.4, -0.2) is 15.5 Å². The highest BCUT2D eigenvalue weighted by Gasteiger charge is 2.23. The van der Waals surface area contributed by atoms with Crippen LogP contribution in [0.2, 0.25) is 5.02 Å². The Hall–Kier alpha value is -2.33. The van der Waals surface area contributed by atoms with Crippen LogP contribution in [0.4, 0.5) is 5.69 Å². The summed E-state index contributed by atoms with van der Waals surface area (Å²) in [6.07, 6.45) is 6.08. The minimum atomic E-state index is -0.0625. The predicted molar refractivity (Wildman–Crippen MR) is 106 cm³/mol. The fourth-order valence-electron chi connectivity index (χ4n) is 3.84. The zero-order valence-electron chi connectivity index (χ0n) is 14.6. The van der Waals surface area contributed by atoms with Crippen LogP contribution in [0.3, 0.4) is 0 Å². The molecule has 1 fully saturated rings. The highest BCUT2D eigenvalue weighted by Crippen LogP contribution is 2.34. The summed E-state index contributed by atoms with van der Waals surface area (Å²) in [5, 5.41) is 3.55. The number of hydrogen-bond donors (Lipinski definition) is 1. The van der Waals surface area contributed by atoms with Gasteiger partial charge in [0, 0.05) is 16.6 Å². The van der Waals surface area contributed by atoms with Gasteiger partial charge in [0.25, 0.3) is 0 Å². The molecule has 26 heavy (non-hydrogen) atoms. The molecule has 2 aromatic carbocycles. The number of anilines is 1. The first-order valence-corrected chi connectivity index (χ1v) is 9.59. The van der Waals surface area contributed by atoms with Gasteiger partial charge in [0.05, 0.1) is 11.0 Å². The Morgan fingerprint density at radius 3 is 2.73 bits per heavy atom. The molecule has 4 nitrogen and oxygen atoms in total. The second-order valence-electron chi connectivity index (χ2n) is 6.94. The average molecular weight is 368 g/mol. The van der Waals surface area contributed by atoms with Gasteiger partial charge >= 0.3 is 0 Å². The van der Waals surface area contributed by atoms with Crippen molar-refractivity contribution in [3.8, 4) is 0 Å². The molecule has 0 bridgehead atoms. The standard InChI is InChI=1S/C21H22ClN3O/c22-16-9-6-10-17(13-16)23-20(26)14-25-19-12-5-4-11-18(19)24-21(25)15-7-2-1-3-8-15/h4-6,9-13,15H,1-3,7-8,14H2,(H,23,26). The maximum atomic E-state index is 12.7. The molecule has 5 heteroatoms. The minimum absolute atomic E-state index is 0.0625. The molecular weight excluding hydrogens is 346 g/mol. The van der Waals surface area contributed by atoms with Gasteiger partial charge in [-0.3, -0.25) is 4.79 Å². The second kappa shape index (κ2) is 7.50. The van der Waals surface area contributed by atoms with E-state index >= 15 is 0 Å². The molecule has 1 aliphatic carbocycles. The van der Waals surface area contributed by atoms with Crippen molar-refractivity contribution in [1.29, 1.82) is 0 Å². The number of para-hydroxylation sites is 2. The molecule has 1 amide bonds. The number of benzene rings is 2. The van der Waals surface area contributed by atoms with E-state index in [9.17, 15) is 4.79 Å². The van der Waals surface area contributed by atoms with Crippen LogP contribution in [-0.2, 0) is 11.3 Å². The van der Waals surface area contributed by atoms with E-state index in [4.69, 9.17) is 16.6 Å². The van der Waals surface area contributed by atoms with E-state index in [1.165, 1.54) is 19.3 Å². The fourth-order valence-corrected chi connectivity index (χ4v) is 4.03. The van der Waals surface area contributed by atoms with Crippen molar-refractivity contribution in [2.75, 3.05) is 5.32 Å². The maximum Gasteiger partial charge on any atom is 0.244 e. The van der Waals surface area contributed by atoms with Crippen LogP contribution in [0.5, 0.6) is 0 Å². The van der Waals surface area contributed by atoms with Crippen molar-refractivity contribution in [3.05, 3.63) is 59.4 Å². The molecule has 1 saturated carbocycles. The van der Waals surface area contributed by atoms with Crippen LogP contribution in [0, 0.1) is 0 Å². The molecule has 0 radical (unpaired) electrons. The summed E-state index contributed by atoms with van der Waals surface area (Å²) in [5.74, 6) is 1.43. The van der Waals surface area contributed by atoms with E-state index < -0.39 is 0 Å². The molecule has 3 aromatic rings. The number of hydrogen-bond acceptors (Lipinski definition) is 2. The summed E-state index contributed by atoms with van der Waals surface area (Å²) < 4.78 is 2.09. The van der Waals surface area contributed by atoms with Crippen LogP contribution >= 0.6 is 11.6 Å². The van der Waals surface area contributed by atoms with Crippen molar-refractivity contribution in [1.82, 2.24) is 9.55 Å². The van der Waals surface area contributed by atoms with Crippen LogP contribution in [0.15, 0.2) is 48.5 Å². The lowest BCUT2D eigenvalue weighted by Crippen LogP contribution is -2.21. The summed E-state index contributed by atoms with van der Waals surface area (Å²) in [6.45, 7) is 0.263. The summed E-state index contributed by atoms with van der Waals surface area (Å²) in [6, 6.07) is 15.3. The summed E-state index contributed by atoms with van der Waals surface area (Å²) in [7, 11) is 0. The van der Waals surface area contributed by atoms with Gasteiger partial charge in [0.1, 0.15) is 12.4 Å². The number of rotatable bonds is 4. The van der Waals surface area contributed by atoms with Crippen molar-refractivity contribution in [3.63, 3.8) is 0 Å². The first kappa shape index (κ1) is 17.1. The van der Waals surface area contributed by atoms with Gasteiger partial charge in [-0.2, -0.15) is 0 Å². The average Bonchev–Trinajstić information content (AvgIpc) is 3.01. The van der Waals surface area contributed by atoms with E-state index in [0.717, 1.165) is 29.7 Å². The fraction of sp³-hybridized carbons (Fsp3) is 0.333. The van der Waals surface area contributed by atoms with Crippen molar-refractivity contribution < 1.29 is 4.79 Å². The third-order valence-electron chi connectivity index (χ3n) is 5.06. The number of carbonyl (C=O) groups excluding carboxylic acids is 1. The summed E-state index contributed by atoms with van der Waals surface area (Å²) >= 11 is 6.01. The van der Waals surface area contributed by atoms with Gasteiger partial charge in [-0.05, 0) is 43.2 Å². The van der Waals surface area contributed by atoms with E-state index in [-0.39, 0.29) is 12.5 Å². The van der Waals surface area contributed by atoms with Gasteiger partial charge < -0.3 is 9.88 Å². The van der Waals surface area contributed by atoms with Crippen molar-refractivity contribution >= 4 is 34.2 Å². The van der Waals surface area contributed by atoms with Gasteiger partial charge in [-0.25, -0.2) is 4.98 Å². The van der Waals surface area contributed by atoms with Gasteiger partial charge in [-0.1, -0.05) is 49.1 Å². The molecule has 1 N–H and O–H groups in total. The monoisotopic (exact) mass is 367 g/mol. The summed E-state index contributed by atoms with van der Waals surface area (Å²) in [5.41, 5.74) is 2.70. The second-order valence-corrected chi connectivity index (χ2v) is 7.37. The van der Waals surface area contributed by atoms with Gasteiger partial charge in [0.15, 0.2) is 0 Å². The zero-order valence-corrected chi connectivity index (χ0v) is 15.4. The Morgan fingerprint density at radius 2 is 1.92 bits per heavy atom.